The molecule has 0 radical (unpaired) electrons. The SMILES string of the molecule is CC1=C(C)[C@@]2(C)C[C@]1(C)[C@@H]1[C@@H](C(C)C)[C@H]([Si](C)(C)C)C(=O)[C@@H]12. The topological polar surface area (TPSA) is 17.1 Å². The zero-order chi connectivity index (χ0) is 16.8. The fraction of sp³-hybridized carbons (Fsp3) is 0.850. The van der Waals surface area contributed by atoms with Crippen LogP contribution in [0.1, 0.15) is 48.0 Å². The van der Waals surface area contributed by atoms with Gasteiger partial charge in [0.25, 0.3) is 0 Å². The van der Waals surface area contributed by atoms with E-state index in [2.05, 4.69) is 61.2 Å². The highest BCUT2D eigenvalue weighted by atomic mass is 28.3. The normalized spacial score (nSPS) is 47.8. The van der Waals surface area contributed by atoms with Gasteiger partial charge in [0.1, 0.15) is 5.78 Å². The quantitative estimate of drug-likeness (QED) is 0.482. The van der Waals surface area contributed by atoms with Crippen molar-refractivity contribution in [2.24, 2.45) is 34.5 Å². The van der Waals surface area contributed by atoms with Crippen molar-refractivity contribution >= 4 is 13.9 Å². The van der Waals surface area contributed by atoms with Crippen LogP contribution in [-0.4, -0.2) is 13.9 Å². The van der Waals surface area contributed by atoms with Crippen molar-refractivity contribution in [1.82, 2.24) is 0 Å². The fourth-order valence-corrected chi connectivity index (χ4v) is 9.67. The predicted molar refractivity (Wildman–Crippen MR) is 96.6 cm³/mol. The lowest BCUT2D eigenvalue weighted by molar-refractivity contribution is -0.123. The Morgan fingerprint density at radius 2 is 1.55 bits per heavy atom. The smallest absolute Gasteiger partial charge is 0.137 e. The summed E-state index contributed by atoms with van der Waals surface area (Å²) in [6.07, 6.45) is 1.21. The lowest BCUT2D eigenvalue weighted by Gasteiger charge is -2.42. The number of fused-ring (bicyclic) bond motifs is 5. The zero-order valence-electron chi connectivity index (χ0n) is 16.0. The number of carbonyl (C=O) groups is 1. The molecule has 3 aliphatic rings. The van der Waals surface area contributed by atoms with Gasteiger partial charge in [0.05, 0.1) is 8.07 Å². The van der Waals surface area contributed by atoms with Crippen molar-refractivity contribution < 1.29 is 4.79 Å². The number of hydrogen-bond acceptors (Lipinski definition) is 1. The van der Waals surface area contributed by atoms with E-state index in [1.165, 1.54) is 12.0 Å². The van der Waals surface area contributed by atoms with Gasteiger partial charge in [-0.25, -0.2) is 0 Å². The Balaban J connectivity index is 2.20. The molecule has 0 aromatic carbocycles. The molecule has 0 heterocycles. The van der Waals surface area contributed by atoms with Gasteiger partial charge in [-0.05, 0) is 48.9 Å². The van der Waals surface area contributed by atoms with E-state index in [1.54, 1.807) is 5.57 Å². The van der Waals surface area contributed by atoms with Crippen LogP contribution in [0.4, 0.5) is 0 Å². The first-order chi connectivity index (χ1) is 9.87. The van der Waals surface area contributed by atoms with Crippen LogP contribution >= 0.6 is 0 Å². The van der Waals surface area contributed by atoms with E-state index >= 15 is 0 Å². The minimum absolute atomic E-state index is 0.141. The predicted octanol–water partition coefficient (Wildman–Crippen LogP) is 5.55. The first-order valence-electron chi connectivity index (χ1n) is 9.09. The van der Waals surface area contributed by atoms with Crippen LogP contribution in [0.5, 0.6) is 0 Å². The van der Waals surface area contributed by atoms with E-state index in [9.17, 15) is 4.79 Å². The van der Waals surface area contributed by atoms with Gasteiger partial charge in [-0.2, -0.15) is 0 Å². The van der Waals surface area contributed by atoms with Gasteiger partial charge < -0.3 is 0 Å². The highest BCUT2D eigenvalue weighted by molar-refractivity contribution is 6.80. The van der Waals surface area contributed by atoms with E-state index in [1.807, 2.05) is 0 Å². The molecule has 1 nitrogen and oxygen atoms in total. The van der Waals surface area contributed by atoms with Crippen molar-refractivity contribution in [3.05, 3.63) is 11.1 Å². The van der Waals surface area contributed by atoms with Crippen molar-refractivity contribution in [3.8, 4) is 0 Å². The first kappa shape index (κ1) is 16.5. The number of allylic oxidation sites excluding steroid dienone is 2. The summed E-state index contributed by atoms with van der Waals surface area (Å²) in [5, 5.41) is 0. The Labute approximate surface area is 138 Å². The summed E-state index contributed by atoms with van der Waals surface area (Å²) in [6, 6.07) is 0. The average molecular weight is 319 g/mol. The molecule has 2 fully saturated rings. The molecule has 2 bridgehead atoms. The monoisotopic (exact) mass is 318 g/mol. The molecule has 124 valence electrons. The van der Waals surface area contributed by atoms with E-state index in [-0.39, 0.29) is 10.8 Å². The molecule has 0 aromatic heterocycles. The van der Waals surface area contributed by atoms with Gasteiger partial charge in [-0.15, -0.1) is 0 Å². The molecule has 0 unspecified atom stereocenters. The highest BCUT2D eigenvalue weighted by Crippen LogP contribution is 2.76. The Hall–Kier alpha value is -0.373. The first-order valence-corrected chi connectivity index (χ1v) is 12.7. The molecule has 6 atom stereocenters. The van der Waals surface area contributed by atoms with Gasteiger partial charge >= 0.3 is 0 Å². The van der Waals surface area contributed by atoms with Crippen LogP contribution in [0.3, 0.4) is 0 Å². The molecule has 3 rings (SSSR count). The number of carbonyl (C=O) groups excluding carboxylic acids is 1. The van der Waals surface area contributed by atoms with E-state index < -0.39 is 8.07 Å². The Bertz CT molecular complexity index is 567. The van der Waals surface area contributed by atoms with Crippen LogP contribution in [-0.2, 0) is 4.79 Å². The molecule has 0 saturated heterocycles. The van der Waals surface area contributed by atoms with Crippen molar-refractivity contribution in [2.75, 3.05) is 0 Å². The largest absolute Gasteiger partial charge is 0.299 e. The van der Waals surface area contributed by atoms with Crippen molar-refractivity contribution in [2.45, 2.75) is 73.1 Å². The van der Waals surface area contributed by atoms with Crippen LogP contribution in [0, 0.1) is 34.5 Å². The average Bonchev–Trinajstić information content (AvgIpc) is 2.87. The standard InChI is InChI=1S/C20H34OSi/c1-11(2)14-15-16(17(21)18(14)22(7,8)9)20(6)10-19(15,5)12(3)13(20)4/h11,14-16,18H,10H2,1-9H3/t14-,15-,16-,18+,19+,20-/m1/s1. The number of hydrogen-bond donors (Lipinski definition) is 0. The molecule has 0 aliphatic heterocycles. The van der Waals surface area contributed by atoms with E-state index in [0.717, 1.165) is 0 Å². The molecule has 2 heteroatoms. The molecular formula is C20H34OSi. The second-order valence-corrected chi connectivity index (χ2v) is 15.7. The van der Waals surface area contributed by atoms with Gasteiger partial charge in [0.2, 0.25) is 0 Å². The maximum absolute atomic E-state index is 13.6. The van der Waals surface area contributed by atoms with Crippen molar-refractivity contribution in [1.29, 1.82) is 0 Å². The number of ketones is 1. The van der Waals surface area contributed by atoms with Crippen LogP contribution in [0.15, 0.2) is 11.1 Å². The van der Waals surface area contributed by atoms with Crippen LogP contribution in [0.2, 0.25) is 25.2 Å². The fourth-order valence-electron chi connectivity index (χ4n) is 6.89. The third kappa shape index (κ3) is 1.68. The van der Waals surface area contributed by atoms with Gasteiger partial charge in [-0.1, -0.05) is 58.5 Å². The van der Waals surface area contributed by atoms with E-state index in [4.69, 9.17) is 0 Å². The zero-order valence-corrected chi connectivity index (χ0v) is 17.0. The summed E-state index contributed by atoms with van der Waals surface area (Å²) in [4.78, 5) is 13.6. The van der Waals surface area contributed by atoms with Crippen molar-refractivity contribution in [3.63, 3.8) is 0 Å². The summed E-state index contributed by atoms with van der Waals surface area (Å²) in [7, 11) is -1.49. The Morgan fingerprint density at radius 1 is 1.05 bits per heavy atom. The minimum Gasteiger partial charge on any atom is -0.299 e. The Morgan fingerprint density at radius 3 is 2.00 bits per heavy atom. The third-order valence-electron chi connectivity index (χ3n) is 7.91. The van der Waals surface area contributed by atoms with Gasteiger partial charge in [-0.3, -0.25) is 4.79 Å². The molecule has 22 heavy (non-hydrogen) atoms. The maximum Gasteiger partial charge on any atom is 0.137 e. The number of rotatable bonds is 2. The summed E-state index contributed by atoms with van der Waals surface area (Å²) in [5.41, 5.74) is 3.90. The molecule has 0 spiro atoms. The molecule has 0 aromatic rings. The second-order valence-electron chi connectivity index (χ2n) is 10.3. The van der Waals surface area contributed by atoms with E-state index in [0.29, 0.717) is 35.0 Å². The maximum atomic E-state index is 13.6. The molecule has 0 amide bonds. The molecular weight excluding hydrogens is 284 g/mol. The van der Waals surface area contributed by atoms with Crippen LogP contribution < -0.4 is 0 Å². The van der Waals surface area contributed by atoms with Crippen LogP contribution in [0.25, 0.3) is 0 Å². The van der Waals surface area contributed by atoms with Gasteiger partial charge in [0, 0.05) is 11.5 Å². The molecule has 2 saturated carbocycles. The lowest BCUT2D eigenvalue weighted by atomic mass is 9.63. The number of Topliss-reactive ketones (excluding diaryl/α,β-unsaturated/α-hetero) is 1. The third-order valence-corrected chi connectivity index (χ3v) is 10.4. The lowest BCUT2D eigenvalue weighted by Crippen LogP contribution is -2.39. The summed E-state index contributed by atoms with van der Waals surface area (Å²) in [5.74, 6) is 2.74. The minimum atomic E-state index is -1.49. The molecule has 0 N–H and O–H groups in total. The summed E-state index contributed by atoms with van der Waals surface area (Å²) in [6.45, 7) is 21.5. The second kappa shape index (κ2) is 4.37. The summed E-state index contributed by atoms with van der Waals surface area (Å²) < 4.78 is 0. The molecule has 3 aliphatic carbocycles. The highest BCUT2D eigenvalue weighted by Gasteiger charge is 2.72. The summed E-state index contributed by atoms with van der Waals surface area (Å²) >= 11 is 0. The Kier molecular flexibility index (Phi) is 3.28. The van der Waals surface area contributed by atoms with Gasteiger partial charge in [0.15, 0.2) is 0 Å².